The van der Waals surface area contributed by atoms with Crippen molar-refractivity contribution in [3.05, 3.63) is 0 Å². The van der Waals surface area contributed by atoms with Gasteiger partial charge in [-0.25, -0.2) is 0 Å². The Kier molecular flexibility index (Phi) is 9.29. The first-order valence-electron chi connectivity index (χ1n) is 5.33. The first kappa shape index (κ1) is 13.8. The zero-order chi connectivity index (χ0) is 10.8. The molecule has 0 spiro atoms. The van der Waals surface area contributed by atoms with Crippen molar-refractivity contribution in [2.24, 2.45) is 0 Å². The molecule has 0 aliphatic carbocycles. The lowest BCUT2D eigenvalue weighted by Crippen LogP contribution is -2.39. The molecule has 4 heteroatoms. The highest BCUT2D eigenvalue weighted by atomic mass is 16.5. The molecule has 0 aromatic heterocycles. The molecule has 0 aromatic carbocycles. The minimum absolute atomic E-state index is 0.138. The standard InChI is InChI=1S/C10H24N2O2/c1-4-10(8-14-3)11-6-7-12(5-2)9-13/h10-11,13H,4-9H2,1-3H3. The van der Waals surface area contributed by atoms with Gasteiger partial charge in [-0.15, -0.1) is 0 Å². The Balaban J connectivity index is 3.48. The fourth-order valence-electron chi connectivity index (χ4n) is 1.28. The van der Waals surface area contributed by atoms with Crippen LogP contribution in [-0.2, 0) is 4.74 Å². The Hall–Kier alpha value is -0.160. The van der Waals surface area contributed by atoms with E-state index in [4.69, 9.17) is 9.84 Å². The molecule has 0 bridgehead atoms. The number of hydrogen-bond donors (Lipinski definition) is 2. The van der Waals surface area contributed by atoms with E-state index < -0.39 is 0 Å². The van der Waals surface area contributed by atoms with Crippen LogP contribution in [0.5, 0.6) is 0 Å². The van der Waals surface area contributed by atoms with E-state index in [1.807, 2.05) is 11.8 Å². The second-order valence-corrected chi connectivity index (χ2v) is 3.37. The number of methoxy groups -OCH3 is 1. The first-order valence-corrected chi connectivity index (χ1v) is 5.33. The van der Waals surface area contributed by atoms with Gasteiger partial charge in [0.15, 0.2) is 0 Å². The first-order chi connectivity index (χ1) is 6.78. The molecule has 1 atom stereocenters. The Morgan fingerprint density at radius 3 is 2.57 bits per heavy atom. The average molecular weight is 204 g/mol. The maximum Gasteiger partial charge on any atom is 0.0956 e. The highest BCUT2D eigenvalue weighted by Gasteiger charge is 2.05. The molecule has 4 nitrogen and oxygen atoms in total. The van der Waals surface area contributed by atoms with Crippen LogP contribution < -0.4 is 5.32 Å². The van der Waals surface area contributed by atoms with Crippen molar-refractivity contribution >= 4 is 0 Å². The Labute approximate surface area is 87.2 Å². The third kappa shape index (κ3) is 6.32. The smallest absolute Gasteiger partial charge is 0.0956 e. The molecule has 0 saturated carbocycles. The van der Waals surface area contributed by atoms with Gasteiger partial charge in [0.1, 0.15) is 0 Å². The van der Waals surface area contributed by atoms with E-state index in [-0.39, 0.29) is 6.73 Å². The third-order valence-electron chi connectivity index (χ3n) is 2.37. The molecule has 1 unspecified atom stereocenters. The molecule has 0 aliphatic rings. The van der Waals surface area contributed by atoms with Gasteiger partial charge >= 0.3 is 0 Å². The molecule has 0 aromatic rings. The highest BCUT2D eigenvalue weighted by molar-refractivity contribution is 4.64. The summed E-state index contributed by atoms with van der Waals surface area (Å²) in [7, 11) is 1.72. The fraction of sp³-hybridized carbons (Fsp3) is 1.00. The summed E-state index contributed by atoms with van der Waals surface area (Å²) in [6.45, 7) is 7.74. The van der Waals surface area contributed by atoms with E-state index in [9.17, 15) is 0 Å². The monoisotopic (exact) mass is 204 g/mol. The van der Waals surface area contributed by atoms with E-state index in [1.54, 1.807) is 7.11 Å². The summed E-state index contributed by atoms with van der Waals surface area (Å²) in [5, 5.41) is 12.3. The molecule has 14 heavy (non-hydrogen) atoms. The summed E-state index contributed by atoms with van der Waals surface area (Å²) in [5.74, 6) is 0. The summed E-state index contributed by atoms with van der Waals surface area (Å²) >= 11 is 0. The van der Waals surface area contributed by atoms with Gasteiger partial charge in [-0.3, -0.25) is 4.90 Å². The van der Waals surface area contributed by atoms with Gasteiger partial charge in [-0.05, 0) is 13.0 Å². The van der Waals surface area contributed by atoms with Crippen LogP contribution in [0.2, 0.25) is 0 Å². The van der Waals surface area contributed by atoms with Crippen molar-refractivity contribution in [3.63, 3.8) is 0 Å². The Morgan fingerprint density at radius 1 is 1.43 bits per heavy atom. The Bertz CT molecular complexity index is 119. The van der Waals surface area contributed by atoms with E-state index in [2.05, 4.69) is 12.2 Å². The van der Waals surface area contributed by atoms with Crippen LogP contribution in [0.15, 0.2) is 0 Å². The van der Waals surface area contributed by atoms with Crippen LogP contribution in [0.25, 0.3) is 0 Å². The van der Waals surface area contributed by atoms with Crippen LogP contribution in [0, 0.1) is 0 Å². The van der Waals surface area contributed by atoms with E-state index in [0.717, 1.165) is 32.7 Å². The van der Waals surface area contributed by atoms with Gasteiger partial charge in [0, 0.05) is 26.2 Å². The molecular formula is C10H24N2O2. The minimum Gasteiger partial charge on any atom is -0.383 e. The van der Waals surface area contributed by atoms with E-state index >= 15 is 0 Å². The molecule has 0 rings (SSSR count). The minimum atomic E-state index is 0.138. The molecule has 0 radical (unpaired) electrons. The predicted molar refractivity (Wildman–Crippen MR) is 58.3 cm³/mol. The largest absolute Gasteiger partial charge is 0.383 e. The number of likely N-dealkylation sites (N-methyl/N-ethyl adjacent to an activating group) is 1. The zero-order valence-corrected chi connectivity index (χ0v) is 9.62. The van der Waals surface area contributed by atoms with Gasteiger partial charge in [-0.2, -0.15) is 0 Å². The quantitative estimate of drug-likeness (QED) is 0.529. The molecule has 0 saturated heterocycles. The summed E-state index contributed by atoms with van der Waals surface area (Å²) < 4.78 is 5.08. The summed E-state index contributed by atoms with van der Waals surface area (Å²) in [6.07, 6.45) is 1.07. The molecular weight excluding hydrogens is 180 g/mol. The summed E-state index contributed by atoms with van der Waals surface area (Å²) in [5.41, 5.74) is 0. The SMILES string of the molecule is CCC(COC)NCCN(CC)CO. The van der Waals surface area contributed by atoms with Gasteiger partial charge in [0.2, 0.25) is 0 Å². The number of nitrogens with zero attached hydrogens (tertiary/aromatic N) is 1. The number of aliphatic hydroxyl groups is 1. The van der Waals surface area contributed by atoms with E-state index in [0.29, 0.717) is 6.04 Å². The summed E-state index contributed by atoms with van der Waals surface area (Å²) in [4.78, 5) is 1.98. The predicted octanol–water partition coefficient (Wildman–Crippen LogP) is 0.273. The third-order valence-corrected chi connectivity index (χ3v) is 2.37. The second-order valence-electron chi connectivity index (χ2n) is 3.37. The second kappa shape index (κ2) is 9.40. The number of nitrogens with one attached hydrogen (secondary N) is 1. The zero-order valence-electron chi connectivity index (χ0n) is 9.62. The van der Waals surface area contributed by atoms with Crippen LogP contribution in [0.3, 0.4) is 0 Å². The van der Waals surface area contributed by atoms with Crippen molar-refractivity contribution in [2.45, 2.75) is 26.3 Å². The van der Waals surface area contributed by atoms with Crippen molar-refractivity contribution in [2.75, 3.05) is 40.1 Å². The molecule has 0 heterocycles. The van der Waals surface area contributed by atoms with Gasteiger partial charge < -0.3 is 15.2 Å². The van der Waals surface area contributed by atoms with Crippen molar-refractivity contribution in [1.29, 1.82) is 0 Å². The molecule has 0 aliphatic heterocycles. The van der Waals surface area contributed by atoms with Crippen LogP contribution in [0.1, 0.15) is 20.3 Å². The van der Waals surface area contributed by atoms with Crippen LogP contribution in [0.4, 0.5) is 0 Å². The fourth-order valence-corrected chi connectivity index (χ4v) is 1.28. The lowest BCUT2D eigenvalue weighted by molar-refractivity contribution is 0.109. The van der Waals surface area contributed by atoms with Crippen LogP contribution in [-0.4, -0.2) is 56.1 Å². The highest BCUT2D eigenvalue weighted by Crippen LogP contribution is 1.91. The van der Waals surface area contributed by atoms with E-state index in [1.165, 1.54) is 0 Å². The topological polar surface area (TPSA) is 44.7 Å². The molecule has 2 N–H and O–H groups in total. The molecule has 86 valence electrons. The number of hydrogen-bond acceptors (Lipinski definition) is 4. The van der Waals surface area contributed by atoms with Crippen molar-refractivity contribution in [3.8, 4) is 0 Å². The summed E-state index contributed by atoms with van der Waals surface area (Å²) in [6, 6.07) is 0.428. The van der Waals surface area contributed by atoms with Gasteiger partial charge in [0.25, 0.3) is 0 Å². The van der Waals surface area contributed by atoms with Crippen molar-refractivity contribution in [1.82, 2.24) is 10.2 Å². The molecule has 0 fully saturated rings. The maximum absolute atomic E-state index is 8.93. The van der Waals surface area contributed by atoms with Gasteiger partial charge in [-0.1, -0.05) is 13.8 Å². The number of ether oxygens (including phenoxy) is 1. The average Bonchev–Trinajstić information content (AvgIpc) is 2.23. The normalized spacial score (nSPS) is 13.5. The molecule has 0 amide bonds. The maximum atomic E-state index is 8.93. The lowest BCUT2D eigenvalue weighted by atomic mass is 10.2. The van der Waals surface area contributed by atoms with Gasteiger partial charge in [0.05, 0.1) is 13.3 Å². The lowest BCUT2D eigenvalue weighted by Gasteiger charge is -2.20. The Morgan fingerprint density at radius 2 is 2.14 bits per heavy atom. The number of aliphatic hydroxyl groups excluding tert-OH is 1. The van der Waals surface area contributed by atoms with Crippen LogP contribution >= 0.6 is 0 Å². The van der Waals surface area contributed by atoms with Crippen molar-refractivity contribution < 1.29 is 9.84 Å². The number of rotatable bonds is 9.